The normalized spacial score (nSPS) is 19.9. The summed E-state index contributed by atoms with van der Waals surface area (Å²) in [6.45, 7) is 7.80. The second-order valence-electron chi connectivity index (χ2n) is 4.69. The number of H-pyrrole nitrogens is 1. The van der Waals surface area contributed by atoms with Gasteiger partial charge in [-0.3, -0.25) is 4.90 Å². The summed E-state index contributed by atoms with van der Waals surface area (Å²) in [5, 5.41) is 14.0. The first-order valence-corrected chi connectivity index (χ1v) is 5.70. The molecule has 0 bridgehead atoms. The standard InChI is InChI=1S/C10H19N5/c1-8(2)9-3-5-15(6-4-9)7-10-11-13-14-12-10/h8-9H,3-7H2,1-2H3,(H,11,12,13,14). The lowest BCUT2D eigenvalue weighted by Gasteiger charge is -2.32. The van der Waals surface area contributed by atoms with Crippen molar-refractivity contribution in [2.75, 3.05) is 13.1 Å². The van der Waals surface area contributed by atoms with Gasteiger partial charge in [0.1, 0.15) is 0 Å². The molecule has 0 atom stereocenters. The highest BCUT2D eigenvalue weighted by Crippen LogP contribution is 2.24. The van der Waals surface area contributed by atoms with Crippen molar-refractivity contribution in [3.05, 3.63) is 5.82 Å². The molecule has 1 aliphatic heterocycles. The predicted octanol–water partition coefficient (Wildman–Crippen LogP) is 1.07. The molecule has 0 aliphatic carbocycles. The first-order valence-electron chi connectivity index (χ1n) is 5.70. The summed E-state index contributed by atoms with van der Waals surface area (Å²) in [5.41, 5.74) is 0. The van der Waals surface area contributed by atoms with Gasteiger partial charge < -0.3 is 0 Å². The molecule has 5 heteroatoms. The zero-order valence-electron chi connectivity index (χ0n) is 9.48. The van der Waals surface area contributed by atoms with Gasteiger partial charge in [0.25, 0.3) is 0 Å². The van der Waals surface area contributed by atoms with Crippen molar-refractivity contribution in [1.29, 1.82) is 0 Å². The lowest BCUT2D eigenvalue weighted by atomic mass is 9.87. The topological polar surface area (TPSA) is 57.7 Å². The van der Waals surface area contributed by atoms with Crippen LogP contribution in [0.15, 0.2) is 0 Å². The maximum atomic E-state index is 3.98. The Morgan fingerprint density at radius 1 is 1.40 bits per heavy atom. The minimum absolute atomic E-state index is 0.804. The van der Waals surface area contributed by atoms with E-state index in [0.29, 0.717) is 0 Å². The maximum Gasteiger partial charge on any atom is 0.188 e. The van der Waals surface area contributed by atoms with Crippen LogP contribution >= 0.6 is 0 Å². The molecular formula is C10H19N5. The van der Waals surface area contributed by atoms with Crippen LogP contribution in [0.1, 0.15) is 32.5 Å². The van der Waals surface area contributed by atoms with Crippen LogP contribution in [0.25, 0.3) is 0 Å². The minimum atomic E-state index is 0.804. The number of piperidine rings is 1. The summed E-state index contributed by atoms with van der Waals surface area (Å²) in [6.07, 6.45) is 2.60. The summed E-state index contributed by atoms with van der Waals surface area (Å²) in [5.74, 6) is 2.52. The lowest BCUT2D eigenvalue weighted by molar-refractivity contribution is 0.149. The van der Waals surface area contributed by atoms with Gasteiger partial charge >= 0.3 is 0 Å². The number of nitrogens with one attached hydrogen (secondary N) is 1. The van der Waals surface area contributed by atoms with Crippen molar-refractivity contribution in [2.45, 2.75) is 33.2 Å². The quantitative estimate of drug-likeness (QED) is 0.809. The second-order valence-corrected chi connectivity index (χ2v) is 4.69. The zero-order chi connectivity index (χ0) is 10.7. The van der Waals surface area contributed by atoms with Crippen molar-refractivity contribution in [3.63, 3.8) is 0 Å². The molecule has 1 aromatic heterocycles. The third-order valence-electron chi connectivity index (χ3n) is 3.33. The Morgan fingerprint density at radius 3 is 2.67 bits per heavy atom. The number of nitrogens with zero attached hydrogens (tertiary/aromatic N) is 4. The fraction of sp³-hybridized carbons (Fsp3) is 0.900. The molecule has 1 aliphatic rings. The molecule has 1 fully saturated rings. The summed E-state index contributed by atoms with van der Waals surface area (Å²) in [4.78, 5) is 2.41. The Labute approximate surface area is 90.2 Å². The van der Waals surface area contributed by atoms with E-state index in [0.717, 1.165) is 37.3 Å². The zero-order valence-corrected chi connectivity index (χ0v) is 9.48. The summed E-state index contributed by atoms with van der Waals surface area (Å²) in [6, 6.07) is 0. The van der Waals surface area contributed by atoms with Gasteiger partial charge in [0.05, 0.1) is 6.54 Å². The lowest BCUT2D eigenvalue weighted by Crippen LogP contribution is -2.35. The van der Waals surface area contributed by atoms with Crippen molar-refractivity contribution < 1.29 is 0 Å². The highest BCUT2D eigenvalue weighted by Gasteiger charge is 2.22. The molecule has 0 unspecified atom stereocenters. The van der Waals surface area contributed by atoms with Crippen LogP contribution in [0.5, 0.6) is 0 Å². The molecule has 5 nitrogen and oxygen atoms in total. The highest BCUT2D eigenvalue weighted by molar-refractivity contribution is 4.80. The maximum absolute atomic E-state index is 3.98. The number of hydrogen-bond donors (Lipinski definition) is 1. The molecule has 0 spiro atoms. The van der Waals surface area contributed by atoms with E-state index in [1.54, 1.807) is 0 Å². The third kappa shape index (κ3) is 2.75. The van der Waals surface area contributed by atoms with E-state index in [4.69, 9.17) is 0 Å². The molecule has 15 heavy (non-hydrogen) atoms. The molecule has 0 aromatic carbocycles. The van der Waals surface area contributed by atoms with Crippen LogP contribution in [-0.2, 0) is 6.54 Å². The molecule has 1 aromatic rings. The van der Waals surface area contributed by atoms with Crippen LogP contribution < -0.4 is 0 Å². The van der Waals surface area contributed by atoms with Gasteiger partial charge in [-0.1, -0.05) is 19.1 Å². The smallest absolute Gasteiger partial charge is 0.188 e. The Morgan fingerprint density at radius 2 is 2.13 bits per heavy atom. The third-order valence-corrected chi connectivity index (χ3v) is 3.33. The van der Waals surface area contributed by atoms with Gasteiger partial charge in [0.2, 0.25) is 0 Å². The molecule has 0 amide bonds. The molecule has 1 saturated heterocycles. The van der Waals surface area contributed by atoms with Gasteiger partial charge in [-0.05, 0) is 37.8 Å². The minimum Gasteiger partial charge on any atom is -0.296 e. The van der Waals surface area contributed by atoms with Gasteiger partial charge in [-0.15, -0.1) is 10.2 Å². The SMILES string of the molecule is CC(C)C1CCN(Cc2nn[nH]n2)CC1. The van der Waals surface area contributed by atoms with Crippen molar-refractivity contribution in [2.24, 2.45) is 11.8 Å². The largest absolute Gasteiger partial charge is 0.296 e. The van der Waals surface area contributed by atoms with Gasteiger partial charge in [0, 0.05) is 0 Å². The number of rotatable bonds is 3. The number of tetrazole rings is 1. The van der Waals surface area contributed by atoms with Gasteiger partial charge in [0.15, 0.2) is 5.82 Å². The number of hydrogen-bond acceptors (Lipinski definition) is 4. The molecule has 1 N–H and O–H groups in total. The van der Waals surface area contributed by atoms with Gasteiger partial charge in [-0.2, -0.15) is 5.21 Å². The Balaban J connectivity index is 1.79. The summed E-state index contributed by atoms with van der Waals surface area (Å²) >= 11 is 0. The first kappa shape index (κ1) is 10.5. The number of likely N-dealkylation sites (tertiary alicyclic amines) is 1. The predicted molar refractivity (Wildman–Crippen MR) is 57.0 cm³/mol. The number of aromatic amines is 1. The van der Waals surface area contributed by atoms with E-state index < -0.39 is 0 Å². The molecule has 0 radical (unpaired) electrons. The molecular weight excluding hydrogens is 190 g/mol. The van der Waals surface area contributed by atoms with E-state index >= 15 is 0 Å². The highest BCUT2D eigenvalue weighted by atomic mass is 15.5. The van der Waals surface area contributed by atoms with Crippen molar-refractivity contribution in [3.8, 4) is 0 Å². The Hall–Kier alpha value is -0.970. The van der Waals surface area contributed by atoms with E-state index in [1.807, 2.05) is 0 Å². The molecule has 0 saturated carbocycles. The van der Waals surface area contributed by atoms with Crippen LogP contribution in [0.2, 0.25) is 0 Å². The fourth-order valence-corrected chi connectivity index (χ4v) is 2.23. The van der Waals surface area contributed by atoms with E-state index in [1.165, 1.54) is 12.8 Å². The van der Waals surface area contributed by atoms with Crippen LogP contribution in [0, 0.1) is 11.8 Å². The van der Waals surface area contributed by atoms with E-state index in [2.05, 4.69) is 39.4 Å². The average Bonchev–Trinajstić information content (AvgIpc) is 2.71. The van der Waals surface area contributed by atoms with Crippen LogP contribution in [0.4, 0.5) is 0 Å². The van der Waals surface area contributed by atoms with Crippen LogP contribution in [0.3, 0.4) is 0 Å². The van der Waals surface area contributed by atoms with E-state index in [9.17, 15) is 0 Å². The summed E-state index contributed by atoms with van der Waals surface area (Å²) in [7, 11) is 0. The fourth-order valence-electron chi connectivity index (χ4n) is 2.23. The summed E-state index contributed by atoms with van der Waals surface area (Å²) < 4.78 is 0. The molecule has 2 rings (SSSR count). The molecule has 2 heterocycles. The van der Waals surface area contributed by atoms with Crippen molar-refractivity contribution in [1.82, 2.24) is 25.5 Å². The monoisotopic (exact) mass is 209 g/mol. The van der Waals surface area contributed by atoms with Crippen molar-refractivity contribution >= 4 is 0 Å². The average molecular weight is 209 g/mol. The molecule has 84 valence electrons. The number of aromatic nitrogens is 4. The van der Waals surface area contributed by atoms with E-state index in [-0.39, 0.29) is 0 Å². The Kier molecular flexibility index (Phi) is 3.30. The van der Waals surface area contributed by atoms with Crippen LogP contribution in [-0.4, -0.2) is 38.6 Å². The van der Waals surface area contributed by atoms with Gasteiger partial charge in [-0.25, -0.2) is 0 Å². The first-order chi connectivity index (χ1) is 7.25. The Bertz CT molecular complexity index is 274. The second kappa shape index (κ2) is 4.70.